The monoisotopic (exact) mass is 265 g/mol. The first-order valence-corrected chi connectivity index (χ1v) is 6.94. The Balaban J connectivity index is 1.79. The van der Waals surface area contributed by atoms with E-state index in [4.69, 9.17) is 17.3 Å². The first-order chi connectivity index (χ1) is 8.58. The lowest BCUT2D eigenvalue weighted by Crippen LogP contribution is -2.29. The van der Waals surface area contributed by atoms with Crippen LogP contribution in [0.2, 0.25) is 5.02 Å². The average molecular weight is 266 g/mol. The lowest BCUT2D eigenvalue weighted by molar-refractivity contribution is 0.312. The maximum atomic E-state index is 6.30. The number of rotatable bonds is 1. The number of hydrogen-bond acceptors (Lipinski definition) is 3. The van der Waals surface area contributed by atoms with E-state index >= 15 is 0 Å². The zero-order valence-corrected chi connectivity index (χ0v) is 11.6. The summed E-state index contributed by atoms with van der Waals surface area (Å²) >= 11 is 6.30. The van der Waals surface area contributed by atoms with E-state index in [0.29, 0.717) is 5.41 Å². The number of likely N-dealkylation sites (tertiary alicyclic amines) is 1. The van der Waals surface area contributed by atoms with Crippen LogP contribution in [0.3, 0.4) is 0 Å². The predicted molar refractivity (Wildman–Crippen MR) is 77.2 cm³/mol. The van der Waals surface area contributed by atoms with E-state index in [9.17, 15) is 0 Å². The summed E-state index contributed by atoms with van der Waals surface area (Å²) in [5.41, 5.74) is 8.11. The van der Waals surface area contributed by atoms with E-state index < -0.39 is 0 Å². The minimum absolute atomic E-state index is 0.486. The number of nitrogens with two attached hydrogens (primary N) is 1. The molecule has 1 aromatic rings. The van der Waals surface area contributed by atoms with Gasteiger partial charge in [-0.25, -0.2) is 0 Å². The lowest BCUT2D eigenvalue weighted by atomic mass is 9.86. The van der Waals surface area contributed by atoms with Crippen LogP contribution in [-0.2, 0) is 0 Å². The van der Waals surface area contributed by atoms with Gasteiger partial charge in [0.15, 0.2) is 0 Å². The molecule has 0 saturated carbocycles. The molecule has 2 saturated heterocycles. The number of nitrogen functional groups attached to an aromatic ring is 1. The van der Waals surface area contributed by atoms with Gasteiger partial charge in [0.2, 0.25) is 0 Å². The molecule has 2 fully saturated rings. The third-order valence-electron chi connectivity index (χ3n) is 4.38. The molecule has 2 heterocycles. The van der Waals surface area contributed by atoms with Crippen molar-refractivity contribution in [3.05, 3.63) is 23.2 Å². The molecule has 2 aliphatic rings. The molecule has 1 unspecified atom stereocenters. The summed E-state index contributed by atoms with van der Waals surface area (Å²) in [5.74, 6) is 0. The molecule has 0 aromatic heterocycles. The van der Waals surface area contributed by atoms with Gasteiger partial charge in [-0.1, -0.05) is 11.6 Å². The number of halogens is 1. The molecule has 98 valence electrons. The molecule has 2 aliphatic heterocycles. The Morgan fingerprint density at radius 1 is 1.22 bits per heavy atom. The van der Waals surface area contributed by atoms with Gasteiger partial charge < -0.3 is 15.5 Å². The van der Waals surface area contributed by atoms with Crippen molar-refractivity contribution in [2.45, 2.75) is 12.8 Å². The second kappa shape index (κ2) is 4.32. The fourth-order valence-corrected chi connectivity index (χ4v) is 3.72. The molecule has 0 bridgehead atoms. The van der Waals surface area contributed by atoms with E-state index in [2.05, 4.69) is 22.9 Å². The highest BCUT2D eigenvalue weighted by Crippen LogP contribution is 2.42. The number of anilines is 2. The van der Waals surface area contributed by atoms with Crippen molar-refractivity contribution < 1.29 is 0 Å². The van der Waals surface area contributed by atoms with Gasteiger partial charge in [0, 0.05) is 30.7 Å². The van der Waals surface area contributed by atoms with Crippen LogP contribution in [-0.4, -0.2) is 38.1 Å². The van der Waals surface area contributed by atoms with Gasteiger partial charge in [-0.2, -0.15) is 0 Å². The Labute approximate surface area is 114 Å². The minimum atomic E-state index is 0.486. The summed E-state index contributed by atoms with van der Waals surface area (Å²) in [4.78, 5) is 4.86. The molecule has 18 heavy (non-hydrogen) atoms. The van der Waals surface area contributed by atoms with Crippen molar-refractivity contribution in [2.24, 2.45) is 5.41 Å². The van der Waals surface area contributed by atoms with Crippen LogP contribution < -0.4 is 10.6 Å². The first-order valence-electron chi connectivity index (χ1n) is 6.57. The van der Waals surface area contributed by atoms with E-state index in [0.717, 1.165) is 29.5 Å². The van der Waals surface area contributed by atoms with Crippen molar-refractivity contribution in [3.63, 3.8) is 0 Å². The molecule has 1 atom stereocenters. The number of nitrogens with zero attached hydrogens (tertiary/aromatic N) is 2. The Kier molecular flexibility index (Phi) is 2.91. The Hall–Kier alpha value is -0.930. The highest BCUT2D eigenvalue weighted by molar-refractivity contribution is 6.33. The summed E-state index contributed by atoms with van der Waals surface area (Å²) < 4.78 is 0. The van der Waals surface area contributed by atoms with Crippen molar-refractivity contribution >= 4 is 23.0 Å². The molecule has 3 rings (SSSR count). The second-order valence-electron chi connectivity index (χ2n) is 5.87. The predicted octanol–water partition coefficient (Wildman–Crippen LogP) is 2.45. The van der Waals surface area contributed by atoms with Crippen LogP contribution in [0.1, 0.15) is 12.8 Å². The van der Waals surface area contributed by atoms with Gasteiger partial charge >= 0.3 is 0 Å². The maximum absolute atomic E-state index is 6.30. The van der Waals surface area contributed by atoms with Gasteiger partial charge in [-0.15, -0.1) is 0 Å². The zero-order chi connectivity index (χ0) is 12.8. The molecule has 2 N–H and O–H groups in total. The maximum Gasteiger partial charge on any atom is 0.0660 e. The third-order valence-corrected chi connectivity index (χ3v) is 4.68. The van der Waals surface area contributed by atoms with Crippen molar-refractivity contribution in [3.8, 4) is 0 Å². The minimum Gasteiger partial charge on any atom is -0.399 e. The highest BCUT2D eigenvalue weighted by atomic mass is 35.5. The average Bonchev–Trinajstić information content (AvgIpc) is 2.87. The fourth-order valence-electron chi connectivity index (χ4n) is 3.41. The summed E-state index contributed by atoms with van der Waals surface area (Å²) in [7, 11) is 2.22. The Bertz CT molecular complexity index is 462. The zero-order valence-electron chi connectivity index (χ0n) is 10.8. The Morgan fingerprint density at radius 3 is 2.67 bits per heavy atom. The van der Waals surface area contributed by atoms with Gasteiger partial charge in [-0.05, 0) is 44.6 Å². The van der Waals surface area contributed by atoms with Gasteiger partial charge in [-0.3, -0.25) is 0 Å². The van der Waals surface area contributed by atoms with Crippen LogP contribution in [0.4, 0.5) is 11.4 Å². The quantitative estimate of drug-likeness (QED) is 0.792. The fraction of sp³-hybridized carbons (Fsp3) is 0.571. The van der Waals surface area contributed by atoms with E-state index in [1.807, 2.05) is 12.1 Å². The van der Waals surface area contributed by atoms with Crippen molar-refractivity contribution in [1.29, 1.82) is 0 Å². The van der Waals surface area contributed by atoms with E-state index in [1.165, 1.54) is 25.9 Å². The smallest absolute Gasteiger partial charge is 0.0660 e. The van der Waals surface area contributed by atoms with Crippen LogP contribution >= 0.6 is 11.6 Å². The SMILES string of the molecule is CN1CCC2(CCN(c3ccc(N)cc3Cl)C2)C1. The van der Waals surface area contributed by atoms with Crippen LogP contribution in [0.5, 0.6) is 0 Å². The molecule has 3 nitrogen and oxygen atoms in total. The lowest BCUT2D eigenvalue weighted by Gasteiger charge is -2.25. The van der Waals surface area contributed by atoms with Crippen molar-refractivity contribution in [2.75, 3.05) is 43.9 Å². The summed E-state index contributed by atoms with van der Waals surface area (Å²) in [6, 6.07) is 5.84. The molecule has 0 radical (unpaired) electrons. The van der Waals surface area contributed by atoms with Gasteiger partial charge in [0.1, 0.15) is 0 Å². The third kappa shape index (κ3) is 2.06. The molecule has 0 amide bonds. The van der Waals surface area contributed by atoms with Gasteiger partial charge in [0.05, 0.1) is 10.7 Å². The highest BCUT2D eigenvalue weighted by Gasteiger charge is 2.42. The molecule has 1 spiro atoms. The number of hydrogen-bond donors (Lipinski definition) is 1. The molecule has 0 aliphatic carbocycles. The second-order valence-corrected chi connectivity index (χ2v) is 6.28. The van der Waals surface area contributed by atoms with E-state index in [-0.39, 0.29) is 0 Å². The molecule has 4 heteroatoms. The summed E-state index contributed by atoms with van der Waals surface area (Å²) in [6.45, 7) is 4.68. The van der Waals surface area contributed by atoms with Crippen LogP contribution in [0.15, 0.2) is 18.2 Å². The van der Waals surface area contributed by atoms with Crippen molar-refractivity contribution in [1.82, 2.24) is 4.90 Å². The standard InChI is InChI=1S/C14H20ClN3/c1-17-6-4-14(9-17)5-7-18(10-14)13-3-2-11(16)8-12(13)15/h2-3,8H,4-7,9-10,16H2,1H3. The molecular formula is C14H20ClN3. The van der Waals surface area contributed by atoms with Gasteiger partial charge in [0.25, 0.3) is 0 Å². The number of benzene rings is 1. The topological polar surface area (TPSA) is 32.5 Å². The molecular weight excluding hydrogens is 246 g/mol. The normalized spacial score (nSPS) is 28.4. The largest absolute Gasteiger partial charge is 0.399 e. The molecule has 1 aromatic carbocycles. The first kappa shape index (κ1) is 12.1. The van der Waals surface area contributed by atoms with Crippen LogP contribution in [0, 0.1) is 5.41 Å². The Morgan fingerprint density at radius 2 is 2.00 bits per heavy atom. The van der Waals surface area contributed by atoms with E-state index in [1.54, 1.807) is 0 Å². The summed E-state index contributed by atoms with van der Waals surface area (Å²) in [5, 5.41) is 0.776. The van der Waals surface area contributed by atoms with Crippen LogP contribution in [0.25, 0.3) is 0 Å². The summed E-state index contributed by atoms with van der Waals surface area (Å²) in [6.07, 6.45) is 2.59.